The van der Waals surface area contributed by atoms with Crippen molar-refractivity contribution in [2.75, 3.05) is 39.5 Å². The van der Waals surface area contributed by atoms with E-state index in [4.69, 9.17) is 17.3 Å². The molecule has 3 nitrogen and oxygen atoms in total. The summed E-state index contributed by atoms with van der Waals surface area (Å²) in [6.45, 7) is 8.64. The Morgan fingerprint density at radius 3 is 2.42 bits per heavy atom. The number of nitrogens with two attached hydrogens (primary N) is 1. The van der Waals surface area contributed by atoms with Crippen molar-refractivity contribution in [3.8, 4) is 0 Å². The van der Waals surface area contributed by atoms with Crippen LogP contribution in [0.3, 0.4) is 0 Å². The molecule has 0 atom stereocenters. The standard InChI is InChI=1S/C15H26ClN3/c1-12(2)10-19(8-7-18(3)4)11-13-5-6-14(16)15(17)9-13/h5-6,9,12H,7-8,10-11,17H2,1-4H3. The zero-order valence-electron chi connectivity index (χ0n) is 12.5. The number of rotatable bonds is 7. The minimum atomic E-state index is 0.632. The Morgan fingerprint density at radius 1 is 1.21 bits per heavy atom. The van der Waals surface area contributed by atoms with Crippen LogP contribution >= 0.6 is 11.6 Å². The quantitative estimate of drug-likeness (QED) is 0.781. The van der Waals surface area contributed by atoms with Crippen molar-refractivity contribution >= 4 is 17.3 Å². The predicted octanol–water partition coefficient (Wildman–Crippen LogP) is 2.94. The average Bonchev–Trinajstić information content (AvgIpc) is 2.30. The van der Waals surface area contributed by atoms with Crippen LogP contribution in [0.5, 0.6) is 0 Å². The number of likely N-dealkylation sites (N-methyl/N-ethyl adjacent to an activating group) is 1. The first-order valence-electron chi connectivity index (χ1n) is 6.79. The van der Waals surface area contributed by atoms with E-state index in [0.29, 0.717) is 16.6 Å². The molecular weight excluding hydrogens is 258 g/mol. The van der Waals surface area contributed by atoms with Crippen molar-refractivity contribution in [2.45, 2.75) is 20.4 Å². The molecule has 0 heterocycles. The molecule has 0 aliphatic carbocycles. The van der Waals surface area contributed by atoms with Gasteiger partial charge < -0.3 is 10.6 Å². The Kier molecular flexibility index (Phi) is 6.63. The average molecular weight is 284 g/mol. The van der Waals surface area contributed by atoms with E-state index in [1.165, 1.54) is 5.56 Å². The number of nitrogen functional groups attached to an aromatic ring is 1. The second kappa shape index (κ2) is 7.73. The first-order chi connectivity index (χ1) is 8.88. The van der Waals surface area contributed by atoms with E-state index >= 15 is 0 Å². The minimum Gasteiger partial charge on any atom is -0.398 e. The van der Waals surface area contributed by atoms with Crippen LogP contribution in [0.25, 0.3) is 0 Å². The Hall–Kier alpha value is -0.770. The van der Waals surface area contributed by atoms with Gasteiger partial charge in [-0.1, -0.05) is 31.5 Å². The molecule has 2 N–H and O–H groups in total. The van der Waals surface area contributed by atoms with Crippen molar-refractivity contribution in [1.29, 1.82) is 0 Å². The predicted molar refractivity (Wildman–Crippen MR) is 84.5 cm³/mol. The summed E-state index contributed by atoms with van der Waals surface area (Å²) in [6.07, 6.45) is 0. The molecule has 0 amide bonds. The van der Waals surface area contributed by atoms with Crippen molar-refractivity contribution < 1.29 is 0 Å². The van der Waals surface area contributed by atoms with E-state index in [9.17, 15) is 0 Å². The maximum absolute atomic E-state index is 5.96. The zero-order chi connectivity index (χ0) is 14.4. The summed E-state index contributed by atoms with van der Waals surface area (Å²) in [6, 6.07) is 5.92. The molecule has 19 heavy (non-hydrogen) atoms. The summed E-state index contributed by atoms with van der Waals surface area (Å²) >= 11 is 5.96. The van der Waals surface area contributed by atoms with Gasteiger partial charge in [0.15, 0.2) is 0 Å². The molecule has 4 heteroatoms. The van der Waals surface area contributed by atoms with Crippen LogP contribution in [-0.2, 0) is 6.54 Å². The van der Waals surface area contributed by atoms with E-state index < -0.39 is 0 Å². The first-order valence-corrected chi connectivity index (χ1v) is 7.17. The smallest absolute Gasteiger partial charge is 0.0635 e. The normalized spacial score (nSPS) is 11.8. The summed E-state index contributed by atoms with van der Waals surface area (Å²) in [5.41, 5.74) is 7.75. The number of anilines is 1. The van der Waals surface area contributed by atoms with Gasteiger partial charge in [-0.05, 0) is 37.7 Å². The lowest BCUT2D eigenvalue weighted by Crippen LogP contribution is -2.34. The maximum atomic E-state index is 5.96. The first kappa shape index (κ1) is 16.3. The van der Waals surface area contributed by atoms with E-state index in [0.717, 1.165) is 26.2 Å². The number of hydrogen-bond acceptors (Lipinski definition) is 3. The van der Waals surface area contributed by atoms with Crippen LogP contribution in [0, 0.1) is 5.92 Å². The molecule has 0 unspecified atom stereocenters. The molecule has 0 saturated carbocycles. The lowest BCUT2D eigenvalue weighted by Gasteiger charge is -2.26. The molecule has 108 valence electrons. The van der Waals surface area contributed by atoms with E-state index in [2.05, 4.69) is 43.8 Å². The summed E-state index contributed by atoms with van der Waals surface area (Å²) in [4.78, 5) is 4.68. The zero-order valence-corrected chi connectivity index (χ0v) is 13.2. The van der Waals surface area contributed by atoms with Gasteiger partial charge in [0, 0.05) is 26.2 Å². The van der Waals surface area contributed by atoms with Gasteiger partial charge in [0.2, 0.25) is 0 Å². The van der Waals surface area contributed by atoms with Crippen molar-refractivity contribution in [3.05, 3.63) is 28.8 Å². The van der Waals surface area contributed by atoms with Crippen LogP contribution in [-0.4, -0.2) is 43.5 Å². The fraction of sp³-hybridized carbons (Fsp3) is 0.600. The Morgan fingerprint density at radius 2 is 1.89 bits per heavy atom. The van der Waals surface area contributed by atoms with Gasteiger partial charge in [0.25, 0.3) is 0 Å². The molecule has 0 aliphatic heterocycles. The number of hydrogen-bond donors (Lipinski definition) is 1. The van der Waals surface area contributed by atoms with Crippen LogP contribution in [0.2, 0.25) is 5.02 Å². The highest BCUT2D eigenvalue weighted by Gasteiger charge is 2.09. The SMILES string of the molecule is CC(C)CN(CCN(C)C)Cc1ccc(Cl)c(N)c1. The van der Waals surface area contributed by atoms with Crippen LogP contribution in [0.4, 0.5) is 5.69 Å². The highest BCUT2D eigenvalue weighted by Crippen LogP contribution is 2.20. The molecular formula is C15H26ClN3. The molecule has 1 rings (SSSR count). The molecule has 0 spiro atoms. The van der Waals surface area contributed by atoms with Crippen LogP contribution in [0.1, 0.15) is 19.4 Å². The third-order valence-electron chi connectivity index (χ3n) is 2.95. The third kappa shape index (κ3) is 6.28. The highest BCUT2D eigenvalue weighted by atomic mass is 35.5. The van der Waals surface area contributed by atoms with E-state index in [-0.39, 0.29) is 0 Å². The van der Waals surface area contributed by atoms with Gasteiger partial charge in [-0.15, -0.1) is 0 Å². The van der Waals surface area contributed by atoms with E-state index in [1.807, 2.05) is 12.1 Å². The van der Waals surface area contributed by atoms with Crippen LogP contribution in [0.15, 0.2) is 18.2 Å². The summed E-state index contributed by atoms with van der Waals surface area (Å²) in [5.74, 6) is 0.659. The van der Waals surface area contributed by atoms with Crippen molar-refractivity contribution in [2.24, 2.45) is 5.92 Å². The fourth-order valence-corrected chi connectivity index (χ4v) is 2.16. The van der Waals surface area contributed by atoms with Gasteiger partial charge in [-0.25, -0.2) is 0 Å². The van der Waals surface area contributed by atoms with Crippen LogP contribution < -0.4 is 5.73 Å². The van der Waals surface area contributed by atoms with Gasteiger partial charge in [0.05, 0.1) is 10.7 Å². The molecule has 0 aromatic heterocycles. The lowest BCUT2D eigenvalue weighted by molar-refractivity contribution is 0.212. The highest BCUT2D eigenvalue weighted by molar-refractivity contribution is 6.33. The van der Waals surface area contributed by atoms with Gasteiger partial charge in [-0.2, -0.15) is 0 Å². The maximum Gasteiger partial charge on any atom is 0.0635 e. The summed E-state index contributed by atoms with van der Waals surface area (Å²) in [5, 5.41) is 0.632. The minimum absolute atomic E-state index is 0.632. The molecule has 0 aliphatic rings. The number of nitrogens with zero attached hydrogens (tertiary/aromatic N) is 2. The summed E-state index contributed by atoms with van der Waals surface area (Å²) in [7, 11) is 4.21. The monoisotopic (exact) mass is 283 g/mol. The Balaban J connectivity index is 2.66. The largest absolute Gasteiger partial charge is 0.398 e. The molecule has 0 radical (unpaired) electrons. The van der Waals surface area contributed by atoms with Crippen molar-refractivity contribution in [3.63, 3.8) is 0 Å². The van der Waals surface area contributed by atoms with Gasteiger partial charge in [0.1, 0.15) is 0 Å². The van der Waals surface area contributed by atoms with Gasteiger partial charge >= 0.3 is 0 Å². The number of halogens is 1. The molecule has 1 aromatic rings. The molecule has 0 fully saturated rings. The number of benzene rings is 1. The topological polar surface area (TPSA) is 32.5 Å². The Labute approximate surface area is 122 Å². The molecule has 1 aromatic carbocycles. The fourth-order valence-electron chi connectivity index (χ4n) is 2.04. The van der Waals surface area contributed by atoms with E-state index in [1.54, 1.807) is 0 Å². The lowest BCUT2D eigenvalue weighted by atomic mass is 10.1. The van der Waals surface area contributed by atoms with Gasteiger partial charge in [-0.3, -0.25) is 4.90 Å². The third-order valence-corrected chi connectivity index (χ3v) is 3.30. The second-order valence-corrected chi connectivity index (χ2v) is 6.20. The Bertz CT molecular complexity index is 391. The van der Waals surface area contributed by atoms with Crippen molar-refractivity contribution in [1.82, 2.24) is 9.80 Å². The second-order valence-electron chi connectivity index (χ2n) is 5.79. The molecule has 0 saturated heterocycles. The summed E-state index contributed by atoms with van der Waals surface area (Å²) < 4.78 is 0. The molecule has 0 bridgehead atoms.